The predicted octanol–water partition coefficient (Wildman–Crippen LogP) is 3.09. The molecule has 1 atom stereocenters. The van der Waals surface area contributed by atoms with E-state index in [0.29, 0.717) is 12.1 Å². The lowest BCUT2D eigenvalue weighted by Gasteiger charge is -2.30. The van der Waals surface area contributed by atoms with Crippen LogP contribution in [0.4, 0.5) is 0 Å². The minimum atomic E-state index is -0.119. The molecule has 0 spiro atoms. The summed E-state index contributed by atoms with van der Waals surface area (Å²) in [7, 11) is 1.66. The number of ether oxygens (including phenoxy) is 1. The number of carbonyl (C=O) groups excluding carboxylic acids is 1. The Balaban J connectivity index is 1.76. The molecule has 7 heteroatoms. The highest BCUT2D eigenvalue weighted by Crippen LogP contribution is 2.24. The first-order chi connectivity index (χ1) is 14.2. The Morgan fingerprint density at radius 3 is 2.66 bits per heavy atom. The van der Waals surface area contributed by atoms with Crippen LogP contribution >= 0.6 is 0 Å². The summed E-state index contributed by atoms with van der Waals surface area (Å²) >= 11 is 0. The molecule has 0 aliphatic heterocycles. The Hall–Kier alpha value is -3.19. The van der Waals surface area contributed by atoms with Crippen molar-refractivity contribution in [2.45, 2.75) is 19.9 Å². The fraction of sp³-hybridized carbons (Fsp3) is 0.318. The first-order valence-corrected chi connectivity index (χ1v) is 9.77. The Labute approximate surface area is 171 Å². The highest BCUT2D eigenvalue weighted by molar-refractivity contribution is 5.94. The maximum atomic E-state index is 12.8. The summed E-state index contributed by atoms with van der Waals surface area (Å²) in [4.78, 5) is 19.1. The fourth-order valence-corrected chi connectivity index (χ4v) is 3.39. The van der Waals surface area contributed by atoms with Crippen molar-refractivity contribution in [3.05, 3.63) is 72.3 Å². The zero-order valence-electron chi connectivity index (χ0n) is 17.1. The van der Waals surface area contributed by atoms with E-state index in [1.54, 1.807) is 24.2 Å². The van der Waals surface area contributed by atoms with E-state index in [0.717, 1.165) is 30.1 Å². The highest BCUT2D eigenvalue weighted by Gasteiger charge is 2.20. The molecular formula is C22H27N5O2. The largest absolute Gasteiger partial charge is 0.497 e. The molecular weight excluding hydrogens is 366 g/mol. The van der Waals surface area contributed by atoms with Gasteiger partial charge >= 0.3 is 0 Å². The molecule has 1 aromatic heterocycles. The minimum absolute atomic E-state index is 0.0579. The zero-order valence-corrected chi connectivity index (χ0v) is 17.1. The van der Waals surface area contributed by atoms with E-state index in [9.17, 15) is 4.79 Å². The van der Waals surface area contributed by atoms with Crippen molar-refractivity contribution in [2.75, 3.05) is 26.7 Å². The van der Waals surface area contributed by atoms with Gasteiger partial charge in [-0.25, -0.2) is 9.67 Å². The first kappa shape index (κ1) is 20.5. The van der Waals surface area contributed by atoms with E-state index in [4.69, 9.17) is 4.74 Å². The maximum Gasteiger partial charge on any atom is 0.251 e. The molecule has 1 amide bonds. The first-order valence-electron chi connectivity index (χ1n) is 9.77. The van der Waals surface area contributed by atoms with Crippen molar-refractivity contribution in [1.29, 1.82) is 0 Å². The zero-order chi connectivity index (χ0) is 20.6. The molecule has 0 fully saturated rings. The van der Waals surface area contributed by atoms with Crippen LogP contribution < -0.4 is 10.1 Å². The molecule has 1 unspecified atom stereocenters. The monoisotopic (exact) mass is 393 g/mol. The minimum Gasteiger partial charge on any atom is -0.497 e. The predicted molar refractivity (Wildman–Crippen MR) is 112 cm³/mol. The fourth-order valence-electron chi connectivity index (χ4n) is 3.39. The molecule has 2 aromatic carbocycles. The topological polar surface area (TPSA) is 72.3 Å². The molecule has 3 rings (SSSR count). The number of hydrogen-bond acceptors (Lipinski definition) is 5. The van der Waals surface area contributed by atoms with Crippen LogP contribution in [0.1, 0.15) is 35.8 Å². The van der Waals surface area contributed by atoms with Gasteiger partial charge in [0.1, 0.15) is 18.4 Å². The molecule has 0 aliphatic carbocycles. The summed E-state index contributed by atoms with van der Waals surface area (Å²) in [6.45, 7) is 6.52. The van der Waals surface area contributed by atoms with Gasteiger partial charge in [0.25, 0.3) is 5.91 Å². The van der Waals surface area contributed by atoms with Crippen molar-refractivity contribution < 1.29 is 9.53 Å². The number of methoxy groups -OCH3 is 1. The molecule has 1 N–H and O–H groups in total. The molecule has 152 valence electrons. The van der Waals surface area contributed by atoms with Gasteiger partial charge in [0.05, 0.1) is 18.8 Å². The normalized spacial score (nSPS) is 12.0. The van der Waals surface area contributed by atoms with Crippen LogP contribution in [0.25, 0.3) is 5.69 Å². The molecule has 0 saturated carbocycles. The van der Waals surface area contributed by atoms with E-state index in [1.165, 1.54) is 6.33 Å². The van der Waals surface area contributed by atoms with Crippen LogP contribution in [0.3, 0.4) is 0 Å². The summed E-state index contributed by atoms with van der Waals surface area (Å²) in [6, 6.07) is 15.4. The molecule has 7 nitrogen and oxygen atoms in total. The number of aromatic nitrogens is 3. The van der Waals surface area contributed by atoms with E-state index in [1.807, 2.05) is 36.4 Å². The molecule has 0 saturated heterocycles. The van der Waals surface area contributed by atoms with E-state index < -0.39 is 0 Å². The van der Waals surface area contributed by atoms with Crippen molar-refractivity contribution >= 4 is 5.91 Å². The SMILES string of the molecule is CCN(CC)C(CNC(=O)c1cccc(-n2cncn2)c1)c1cccc(OC)c1. The number of rotatable bonds is 9. The van der Waals surface area contributed by atoms with E-state index in [-0.39, 0.29) is 11.9 Å². The van der Waals surface area contributed by atoms with E-state index >= 15 is 0 Å². The molecule has 0 aliphatic rings. The smallest absolute Gasteiger partial charge is 0.251 e. The molecule has 29 heavy (non-hydrogen) atoms. The third kappa shape index (κ3) is 5.00. The summed E-state index contributed by atoms with van der Waals surface area (Å²) in [5, 5.41) is 7.21. The van der Waals surface area contributed by atoms with Gasteiger partial charge in [0, 0.05) is 12.1 Å². The van der Waals surface area contributed by atoms with Crippen molar-refractivity contribution in [3.63, 3.8) is 0 Å². The van der Waals surface area contributed by atoms with Gasteiger partial charge in [-0.1, -0.05) is 32.0 Å². The van der Waals surface area contributed by atoms with Crippen LogP contribution in [0.15, 0.2) is 61.2 Å². The molecule has 3 aromatic rings. The van der Waals surface area contributed by atoms with Gasteiger partial charge in [-0.15, -0.1) is 0 Å². The number of benzene rings is 2. The average Bonchev–Trinajstić information content (AvgIpc) is 3.31. The number of amides is 1. The second kappa shape index (κ2) is 9.84. The second-order valence-corrected chi connectivity index (χ2v) is 6.61. The Kier molecular flexibility index (Phi) is 6.97. The van der Waals surface area contributed by atoms with Gasteiger partial charge < -0.3 is 10.1 Å². The van der Waals surface area contributed by atoms with Crippen LogP contribution in [-0.2, 0) is 0 Å². The standard InChI is InChI=1S/C22H27N5O2/c1-4-26(5-2)21(17-8-7-11-20(13-17)29-3)14-24-22(28)18-9-6-10-19(12-18)27-16-23-15-25-27/h6-13,15-16,21H,4-5,14H2,1-3H3,(H,24,28). The van der Waals surface area contributed by atoms with Crippen LogP contribution in [0, 0.1) is 0 Å². The lowest BCUT2D eigenvalue weighted by molar-refractivity contribution is 0.0935. The Morgan fingerprint density at radius 1 is 1.17 bits per heavy atom. The van der Waals surface area contributed by atoms with Crippen LogP contribution in [0.2, 0.25) is 0 Å². The number of hydrogen-bond donors (Lipinski definition) is 1. The maximum absolute atomic E-state index is 12.8. The summed E-state index contributed by atoms with van der Waals surface area (Å²) in [5.41, 5.74) is 2.50. The summed E-state index contributed by atoms with van der Waals surface area (Å²) in [5.74, 6) is 0.693. The third-order valence-electron chi connectivity index (χ3n) is 4.98. The molecule has 0 bridgehead atoms. The third-order valence-corrected chi connectivity index (χ3v) is 4.98. The van der Waals surface area contributed by atoms with Crippen molar-refractivity contribution in [2.24, 2.45) is 0 Å². The van der Waals surface area contributed by atoms with Gasteiger partial charge in [-0.2, -0.15) is 5.10 Å². The second-order valence-electron chi connectivity index (χ2n) is 6.61. The highest BCUT2D eigenvalue weighted by atomic mass is 16.5. The number of carbonyl (C=O) groups is 1. The Morgan fingerprint density at radius 2 is 1.97 bits per heavy atom. The summed E-state index contributed by atoms with van der Waals surface area (Å²) in [6.07, 6.45) is 3.08. The van der Waals surface area contributed by atoms with E-state index in [2.05, 4.69) is 40.2 Å². The summed E-state index contributed by atoms with van der Waals surface area (Å²) < 4.78 is 7.01. The number of likely N-dealkylation sites (N-methyl/N-ethyl adjacent to an activating group) is 1. The lowest BCUT2D eigenvalue weighted by atomic mass is 10.0. The van der Waals surface area contributed by atoms with Gasteiger partial charge in [0.15, 0.2) is 0 Å². The van der Waals surface area contributed by atoms with Gasteiger partial charge in [-0.05, 0) is 49.0 Å². The quantitative estimate of drug-likeness (QED) is 0.605. The van der Waals surface area contributed by atoms with Gasteiger partial charge in [0.2, 0.25) is 0 Å². The lowest BCUT2D eigenvalue weighted by Crippen LogP contribution is -2.38. The van der Waals surface area contributed by atoms with Crippen LogP contribution in [-0.4, -0.2) is 52.3 Å². The number of nitrogens with one attached hydrogen (secondary N) is 1. The molecule has 1 heterocycles. The van der Waals surface area contributed by atoms with Crippen LogP contribution in [0.5, 0.6) is 5.75 Å². The Bertz CT molecular complexity index is 922. The average molecular weight is 393 g/mol. The van der Waals surface area contributed by atoms with Gasteiger partial charge in [-0.3, -0.25) is 9.69 Å². The molecule has 0 radical (unpaired) electrons. The number of nitrogens with zero attached hydrogens (tertiary/aromatic N) is 4. The van der Waals surface area contributed by atoms with Crippen molar-refractivity contribution in [3.8, 4) is 11.4 Å². The van der Waals surface area contributed by atoms with Crippen molar-refractivity contribution in [1.82, 2.24) is 25.0 Å².